The summed E-state index contributed by atoms with van der Waals surface area (Å²) in [6.45, 7) is 6.78. The molecule has 3 aliphatic rings. The fourth-order valence-corrected chi connectivity index (χ4v) is 5.15. The van der Waals surface area contributed by atoms with Crippen molar-refractivity contribution in [3.05, 3.63) is 23.8 Å². The molecule has 2 aliphatic heterocycles. The fourth-order valence-electron chi connectivity index (χ4n) is 5.15. The number of carboxylic acid groups (broad SMARTS) is 2. The summed E-state index contributed by atoms with van der Waals surface area (Å²) < 4.78 is 11.6. The number of methoxy groups -OCH3 is 1. The van der Waals surface area contributed by atoms with Gasteiger partial charge in [0.15, 0.2) is 11.5 Å². The standard InChI is InChI=1S/C22H34N2O3.2CH2O2/c1-26-22-11-17(14-24-15-18-12-20(25)13-19(18)16-24)5-6-21(22)27-10-9-23-7-3-2-4-8-23;2*2-1-3/h5-6,11,18-20,25H,2-4,7-10,12-16H2,1H3;2*1H,(H,2,3)/t18-,19+,20?;;. The van der Waals surface area contributed by atoms with E-state index in [1.807, 2.05) is 0 Å². The number of ether oxygens (including phenoxy) is 2. The number of rotatable bonds is 7. The number of hydrogen-bond acceptors (Lipinski definition) is 7. The van der Waals surface area contributed by atoms with Gasteiger partial charge in [0, 0.05) is 26.2 Å². The molecule has 0 radical (unpaired) electrons. The first-order valence-electron chi connectivity index (χ1n) is 11.6. The lowest BCUT2D eigenvalue weighted by Gasteiger charge is -2.26. The summed E-state index contributed by atoms with van der Waals surface area (Å²) in [7, 11) is 1.72. The summed E-state index contributed by atoms with van der Waals surface area (Å²) in [4.78, 5) is 21.7. The lowest BCUT2D eigenvalue weighted by atomic mass is 10.0. The zero-order valence-corrected chi connectivity index (χ0v) is 19.5. The van der Waals surface area contributed by atoms with Crippen molar-refractivity contribution in [2.75, 3.05) is 46.4 Å². The number of aliphatic hydroxyl groups is 1. The molecule has 4 rings (SSSR count). The van der Waals surface area contributed by atoms with E-state index in [0.29, 0.717) is 18.4 Å². The molecule has 1 aliphatic carbocycles. The third-order valence-electron chi connectivity index (χ3n) is 6.55. The van der Waals surface area contributed by atoms with E-state index in [1.54, 1.807) is 7.11 Å². The molecule has 0 bridgehead atoms. The van der Waals surface area contributed by atoms with Gasteiger partial charge < -0.3 is 24.8 Å². The van der Waals surface area contributed by atoms with Crippen LogP contribution < -0.4 is 9.47 Å². The van der Waals surface area contributed by atoms with Crippen LogP contribution in [0, 0.1) is 11.8 Å². The molecule has 9 heteroatoms. The molecule has 3 N–H and O–H groups in total. The molecule has 33 heavy (non-hydrogen) atoms. The van der Waals surface area contributed by atoms with Crippen LogP contribution in [-0.2, 0) is 16.1 Å². The quantitative estimate of drug-likeness (QED) is 0.519. The number of fused-ring (bicyclic) bond motifs is 1. The van der Waals surface area contributed by atoms with Crippen LogP contribution in [0.5, 0.6) is 11.5 Å². The van der Waals surface area contributed by atoms with Crippen LogP contribution in [0.2, 0.25) is 0 Å². The van der Waals surface area contributed by atoms with Gasteiger partial charge in [-0.3, -0.25) is 19.4 Å². The minimum absolute atomic E-state index is 0.0661. The molecule has 186 valence electrons. The van der Waals surface area contributed by atoms with Crippen LogP contribution in [-0.4, -0.2) is 90.6 Å². The van der Waals surface area contributed by atoms with E-state index in [2.05, 4.69) is 28.0 Å². The lowest BCUT2D eigenvalue weighted by molar-refractivity contribution is -0.123. The Bertz CT molecular complexity index is 692. The molecule has 1 aromatic carbocycles. The molecule has 1 aromatic rings. The highest BCUT2D eigenvalue weighted by atomic mass is 16.5. The molecular weight excluding hydrogens is 428 g/mol. The lowest BCUT2D eigenvalue weighted by Crippen LogP contribution is -2.33. The smallest absolute Gasteiger partial charge is 0.290 e. The van der Waals surface area contributed by atoms with Crippen molar-refractivity contribution < 1.29 is 34.4 Å². The van der Waals surface area contributed by atoms with Crippen molar-refractivity contribution in [3.63, 3.8) is 0 Å². The van der Waals surface area contributed by atoms with Crippen LogP contribution >= 0.6 is 0 Å². The van der Waals surface area contributed by atoms with E-state index >= 15 is 0 Å². The first-order valence-corrected chi connectivity index (χ1v) is 11.6. The minimum Gasteiger partial charge on any atom is -0.493 e. The molecule has 1 saturated carbocycles. The van der Waals surface area contributed by atoms with Gasteiger partial charge in [-0.05, 0) is 68.3 Å². The molecule has 2 saturated heterocycles. The van der Waals surface area contributed by atoms with Crippen molar-refractivity contribution >= 4 is 12.9 Å². The summed E-state index contributed by atoms with van der Waals surface area (Å²) in [5, 5.41) is 23.6. The number of benzene rings is 1. The van der Waals surface area contributed by atoms with E-state index in [-0.39, 0.29) is 19.0 Å². The highest BCUT2D eigenvalue weighted by molar-refractivity contribution is 5.43. The molecule has 3 atom stereocenters. The maximum Gasteiger partial charge on any atom is 0.290 e. The molecule has 1 unspecified atom stereocenters. The Morgan fingerprint density at radius 3 is 2.15 bits per heavy atom. The second-order valence-corrected chi connectivity index (χ2v) is 8.79. The predicted octanol–water partition coefficient (Wildman–Crippen LogP) is 2.16. The average Bonchev–Trinajstić information content (AvgIpc) is 3.33. The van der Waals surface area contributed by atoms with E-state index in [9.17, 15) is 5.11 Å². The monoisotopic (exact) mass is 466 g/mol. The van der Waals surface area contributed by atoms with Gasteiger partial charge in [0.05, 0.1) is 13.2 Å². The maximum absolute atomic E-state index is 9.81. The van der Waals surface area contributed by atoms with E-state index in [0.717, 1.165) is 50.5 Å². The first kappa shape index (κ1) is 26.9. The number of hydrogen-bond donors (Lipinski definition) is 3. The Morgan fingerprint density at radius 2 is 1.58 bits per heavy atom. The van der Waals surface area contributed by atoms with Gasteiger partial charge in [-0.25, -0.2) is 0 Å². The molecule has 2 heterocycles. The van der Waals surface area contributed by atoms with E-state index < -0.39 is 0 Å². The Labute approximate surface area is 195 Å². The van der Waals surface area contributed by atoms with Crippen molar-refractivity contribution in [3.8, 4) is 11.5 Å². The summed E-state index contributed by atoms with van der Waals surface area (Å²) in [6.07, 6.45) is 5.89. The first-order chi connectivity index (χ1) is 16.0. The van der Waals surface area contributed by atoms with E-state index in [1.165, 1.54) is 37.9 Å². The zero-order chi connectivity index (χ0) is 24.1. The Kier molecular flexibility index (Phi) is 12.0. The summed E-state index contributed by atoms with van der Waals surface area (Å²) in [6, 6.07) is 6.35. The second-order valence-electron chi connectivity index (χ2n) is 8.79. The highest BCUT2D eigenvalue weighted by Crippen LogP contribution is 2.39. The molecule has 0 spiro atoms. The molecule has 9 nitrogen and oxygen atoms in total. The third kappa shape index (κ3) is 8.83. The van der Waals surface area contributed by atoms with Crippen molar-refractivity contribution in [1.29, 1.82) is 0 Å². The SMILES string of the molecule is COc1cc(CN2C[C@H]3CC(O)C[C@H]3C2)ccc1OCCN1CCCCC1.O=CO.O=CO. The van der Waals surface area contributed by atoms with Crippen LogP contribution in [0.4, 0.5) is 0 Å². The van der Waals surface area contributed by atoms with Gasteiger partial charge in [-0.2, -0.15) is 0 Å². The number of carbonyl (C=O) groups is 2. The summed E-state index contributed by atoms with van der Waals surface area (Å²) in [5.74, 6) is 3.04. The minimum atomic E-state index is -0.250. The van der Waals surface area contributed by atoms with Gasteiger partial charge in [0.1, 0.15) is 6.61 Å². The van der Waals surface area contributed by atoms with Gasteiger partial charge in [0.25, 0.3) is 12.9 Å². The van der Waals surface area contributed by atoms with Crippen molar-refractivity contribution in [2.45, 2.75) is 44.8 Å². The Balaban J connectivity index is 0.000000582. The summed E-state index contributed by atoms with van der Waals surface area (Å²) in [5.41, 5.74) is 1.27. The maximum atomic E-state index is 9.81. The topological polar surface area (TPSA) is 120 Å². The van der Waals surface area contributed by atoms with Gasteiger partial charge in [-0.15, -0.1) is 0 Å². The largest absolute Gasteiger partial charge is 0.493 e. The zero-order valence-electron chi connectivity index (χ0n) is 19.5. The molecule has 0 amide bonds. The second kappa shape index (κ2) is 14.7. The van der Waals surface area contributed by atoms with Crippen LogP contribution in [0.1, 0.15) is 37.7 Å². The fraction of sp³-hybridized carbons (Fsp3) is 0.667. The Morgan fingerprint density at radius 1 is 0.970 bits per heavy atom. The van der Waals surface area contributed by atoms with Gasteiger partial charge in [0.2, 0.25) is 0 Å². The van der Waals surface area contributed by atoms with Crippen molar-refractivity contribution in [2.24, 2.45) is 11.8 Å². The van der Waals surface area contributed by atoms with Gasteiger partial charge >= 0.3 is 0 Å². The normalized spacial score (nSPS) is 24.5. The third-order valence-corrected chi connectivity index (χ3v) is 6.55. The van der Waals surface area contributed by atoms with Crippen LogP contribution in [0.15, 0.2) is 18.2 Å². The summed E-state index contributed by atoms with van der Waals surface area (Å²) >= 11 is 0. The van der Waals surface area contributed by atoms with Gasteiger partial charge in [-0.1, -0.05) is 12.5 Å². The number of aliphatic hydroxyl groups excluding tert-OH is 1. The highest BCUT2D eigenvalue weighted by Gasteiger charge is 2.39. The van der Waals surface area contributed by atoms with Crippen LogP contribution in [0.25, 0.3) is 0 Å². The molecule has 0 aromatic heterocycles. The molecular formula is C24H38N2O7. The van der Waals surface area contributed by atoms with Crippen LogP contribution in [0.3, 0.4) is 0 Å². The van der Waals surface area contributed by atoms with Crippen molar-refractivity contribution in [1.82, 2.24) is 9.80 Å². The van der Waals surface area contributed by atoms with E-state index in [4.69, 9.17) is 29.3 Å². The number of likely N-dealkylation sites (tertiary alicyclic amines) is 2. The average molecular weight is 467 g/mol. The Hall–Kier alpha value is -2.36. The predicted molar refractivity (Wildman–Crippen MR) is 124 cm³/mol. The number of nitrogens with zero attached hydrogens (tertiary/aromatic N) is 2. The number of piperidine rings is 1. The molecule has 3 fully saturated rings.